The largest absolute Gasteiger partial charge is 0.377 e. The van der Waals surface area contributed by atoms with Gasteiger partial charge in [-0.3, -0.25) is 4.90 Å². The molecule has 0 bridgehead atoms. The minimum absolute atomic E-state index is 0.0328. The fourth-order valence-corrected chi connectivity index (χ4v) is 2.70. The van der Waals surface area contributed by atoms with Crippen LogP contribution in [-0.2, 0) is 17.8 Å². The Morgan fingerprint density at radius 2 is 2.24 bits per heavy atom. The summed E-state index contributed by atoms with van der Waals surface area (Å²) in [6.07, 6.45) is 2.29. The Hall–Kier alpha value is -0.910. The fourth-order valence-electron chi connectivity index (χ4n) is 2.70. The van der Waals surface area contributed by atoms with E-state index in [1.807, 2.05) is 0 Å². The van der Waals surface area contributed by atoms with Crippen LogP contribution in [0.2, 0.25) is 0 Å². The van der Waals surface area contributed by atoms with E-state index in [1.54, 1.807) is 7.11 Å². The molecule has 1 aliphatic heterocycles. The quantitative estimate of drug-likeness (QED) is 0.905. The lowest BCUT2D eigenvalue weighted by molar-refractivity contribution is -0.0541. The van der Waals surface area contributed by atoms with Crippen molar-refractivity contribution in [1.29, 1.82) is 0 Å². The maximum atomic E-state index is 5.63. The normalized spacial score (nSPS) is 24.4. The Morgan fingerprint density at radius 3 is 2.90 bits per heavy atom. The third-order valence-corrected chi connectivity index (χ3v) is 4.02. The van der Waals surface area contributed by atoms with Crippen LogP contribution >= 0.6 is 0 Å². The minimum atomic E-state index is -0.0328. The van der Waals surface area contributed by atoms with Gasteiger partial charge in [0.2, 0.25) is 0 Å². The second-order valence-electron chi connectivity index (χ2n) is 7.36. The number of nitrogens with zero attached hydrogens (tertiary/aromatic N) is 2. The predicted molar refractivity (Wildman–Crippen MR) is 83.0 cm³/mol. The summed E-state index contributed by atoms with van der Waals surface area (Å²) in [5, 5.41) is 7.57. The van der Waals surface area contributed by atoms with Crippen LogP contribution in [-0.4, -0.2) is 41.4 Å². The van der Waals surface area contributed by atoms with Crippen molar-refractivity contribution in [2.45, 2.75) is 64.8 Å². The third kappa shape index (κ3) is 5.09. The maximum Gasteiger partial charge on any atom is 0.151 e. The smallest absolute Gasteiger partial charge is 0.151 e. The van der Waals surface area contributed by atoms with E-state index in [0.29, 0.717) is 0 Å². The van der Waals surface area contributed by atoms with Crippen molar-refractivity contribution in [2.24, 2.45) is 0 Å². The Balaban J connectivity index is 1.87. The lowest BCUT2D eigenvalue weighted by Gasteiger charge is -2.39. The zero-order valence-electron chi connectivity index (χ0n) is 14.0. The van der Waals surface area contributed by atoms with Crippen LogP contribution in [0.1, 0.15) is 52.0 Å². The van der Waals surface area contributed by atoms with E-state index in [-0.39, 0.29) is 11.1 Å². The molecule has 2 rings (SSSR count). The van der Waals surface area contributed by atoms with Crippen LogP contribution in [0.25, 0.3) is 0 Å². The summed E-state index contributed by atoms with van der Waals surface area (Å²) >= 11 is 0. The van der Waals surface area contributed by atoms with Crippen LogP contribution in [0.3, 0.4) is 0 Å². The molecule has 1 aromatic rings. The van der Waals surface area contributed by atoms with Crippen LogP contribution in [0, 0.1) is 0 Å². The molecular weight excluding hydrogens is 266 g/mol. The van der Waals surface area contributed by atoms with Crippen molar-refractivity contribution in [3.63, 3.8) is 0 Å². The number of rotatable bonds is 5. The number of hydrogen-bond acceptors (Lipinski definition) is 5. The summed E-state index contributed by atoms with van der Waals surface area (Å²) in [4.78, 5) is 2.38. The van der Waals surface area contributed by atoms with Crippen molar-refractivity contribution in [3.8, 4) is 0 Å². The van der Waals surface area contributed by atoms with E-state index < -0.39 is 0 Å². The van der Waals surface area contributed by atoms with E-state index >= 15 is 0 Å². The standard InChI is InChI=1S/C16H29N3O2/c1-15(2,3)17-10-13-9-14(21-18-13)11-19-8-6-7-16(4,12-19)20-5/h9,17H,6-8,10-12H2,1-5H3. The number of ether oxygens (including phenoxy) is 1. The number of methoxy groups -OCH3 is 1. The maximum absolute atomic E-state index is 5.63. The van der Waals surface area contributed by atoms with E-state index in [0.717, 1.165) is 50.5 Å². The highest BCUT2D eigenvalue weighted by Crippen LogP contribution is 2.25. The first kappa shape index (κ1) is 16.5. The lowest BCUT2D eigenvalue weighted by atomic mass is 9.95. The molecule has 21 heavy (non-hydrogen) atoms. The molecule has 0 spiro atoms. The summed E-state index contributed by atoms with van der Waals surface area (Å²) in [7, 11) is 1.80. The number of nitrogens with one attached hydrogen (secondary N) is 1. The summed E-state index contributed by atoms with van der Waals surface area (Å²) < 4.78 is 11.1. The number of hydrogen-bond donors (Lipinski definition) is 1. The molecule has 0 saturated carbocycles. The summed E-state index contributed by atoms with van der Waals surface area (Å²) in [6, 6.07) is 2.05. The first-order valence-electron chi connectivity index (χ1n) is 7.77. The fraction of sp³-hybridized carbons (Fsp3) is 0.812. The van der Waals surface area contributed by atoms with Crippen LogP contribution in [0.4, 0.5) is 0 Å². The zero-order valence-corrected chi connectivity index (χ0v) is 14.0. The van der Waals surface area contributed by atoms with Crippen molar-refractivity contribution in [3.05, 3.63) is 17.5 Å². The minimum Gasteiger partial charge on any atom is -0.377 e. The molecular formula is C16H29N3O2. The average Bonchev–Trinajstić information content (AvgIpc) is 2.83. The van der Waals surface area contributed by atoms with E-state index in [2.05, 4.69) is 49.1 Å². The highest BCUT2D eigenvalue weighted by Gasteiger charge is 2.31. The van der Waals surface area contributed by atoms with E-state index in [4.69, 9.17) is 9.26 Å². The van der Waals surface area contributed by atoms with Gasteiger partial charge in [-0.25, -0.2) is 0 Å². The van der Waals surface area contributed by atoms with Crippen LogP contribution in [0.15, 0.2) is 10.6 Å². The Labute approximate surface area is 128 Å². The molecule has 1 aromatic heterocycles. The monoisotopic (exact) mass is 295 g/mol. The second-order valence-corrected chi connectivity index (χ2v) is 7.36. The summed E-state index contributed by atoms with van der Waals surface area (Å²) in [5.74, 6) is 0.932. The zero-order chi connectivity index (χ0) is 15.5. The molecule has 1 unspecified atom stereocenters. The summed E-state index contributed by atoms with van der Waals surface area (Å²) in [5.41, 5.74) is 1.02. The topological polar surface area (TPSA) is 50.5 Å². The third-order valence-electron chi connectivity index (χ3n) is 4.02. The molecule has 0 aromatic carbocycles. The van der Waals surface area contributed by atoms with Gasteiger partial charge >= 0.3 is 0 Å². The van der Waals surface area contributed by atoms with Crippen LogP contribution < -0.4 is 5.32 Å². The number of aromatic nitrogens is 1. The van der Waals surface area contributed by atoms with E-state index in [1.165, 1.54) is 0 Å². The molecule has 0 radical (unpaired) electrons. The molecule has 5 nitrogen and oxygen atoms in total. The highest BCUT2D eigenvalue weighted by atomic mass is 16.5. The van der Waals surface area contributed by atoms with Gasteiger partial charge < -0.3 is 14.6 Å². The molecule has 2 heterocycles. The highest BCUT2D eigenvalue weighted by molar-refractivity contribution is 5.06. The molecule has 1 N–H and O–H groups in total. The first-order chi connectivity index (χ1) is 9.80. The Kier molecular flexibility index (Phi) is 5.07. The molecule has 1 saturated heterocycles. The van der Waals surface area contributed by atoms with Gasteiger partial charge in [-0.15, -0.1) is 0 Å². The van der Waals surface area contributed by atoms with Gasteiger partial charge in [0.05, 0.1) is 17.8 Å². The number of likely N-dealkylation sites (tertiary alicyclic amines) is 1. The molecule has 120 valence electrons. The van der Waals surface area contributed by atoms with Gasteiger partial charge in [0, 0.05) is 31.8 Å². The summed E-state index contributed by atoms with van der Waals surface area (Å²) in [6.45, 7) is 12.2. The van der Waals surface area contributed by atoms with Crippen molar-refractivity contribution in [1.82, 2.24) is 15.4 Å². The number of piperidine rings is 1. The molecule has 1 atom stereocenters. The molecule has 5 heteroatoms. The second kappa shape index (κ2) is 6.46. The first-order valence-corrected chi connectivity index (χ1v) is 7.77. The van der Waals surface area contributed by atoms with Gasteiger partial charge in [0.15, 0.2) is 5.76 Å². The van der Waals surface area contributed by atoms with Gasteiger partial charge in [-0.2, -0.15) is 0 Å². The van der Waals surface area contributed by atoms with Gasteiger partial charge in [0.25, 0.3) is 0 Å². The lowest BCUT2D eigenvalue weighted by Crippen LogP contribution is -2.46. The molecule has 0 amide bonds. The Bertz CT molecular complexity index is 453. The molecule has 1 aliphatic rings. The average molecular weight is 295 g/mol. The molecule has 0 aliphatic carbocycles. The van der Waals surface area contributed by atoms with Gasteiger partial charge in [-0.05, 0) is 47.1 Å². The van der Waals surface area contributed by atoms with Crippen LogP contribution in [0.5, 0.6) is 0 Å². The van der Waals surface area contributed by atoms with Gasteiger partial charge in [0.1, 0.15) is 0 Å². The molecule has 1 fully saturated rings. The van der Waals surface area contributed by atoms with Crippen molar-refractivity contribution >= 4 is 0 Å². The Morgan fingerprint density at radius 1 is 1.48 bits per heavy atom. The van der Waals surface area contributed by atoms with Crippen molar-refractivity contribution < 1.29 is 9.26 Å². The van der Waals surface area contributed by atoms with Crippen molar-refractivity contribution in [2.75, 3.05) is 20.2 Å². The SMILES string of the molecule is COC1(C)CCCN(Cc2cc(CNC(C)(C)C)no2)C1. The van der Waals surface area contributed by atoms with E-state index in [9.17, 15) is 0 Å². The van der Waals surface area contributed by atoms with Gasteiger partial charge in [-0.1, -0.05) is 5.16 Å². The predicted octanol–water partition coefficient (Wildman–Crippen LogP) is 2.56.